The molecule has 0 spiro atoms. The summed E-state index contributed by atoms with van der Waals surface area (Å²) < 4.78 is 51.5. The lowest BCUT2D eigenvalue weighted by molar-refractivity contribution is 0.152. The number of alkyl halides is 2. The molecular weight excluding hydrogens is 272 g/mol. The quantitative estimate of drug-likeness (QED) is 0.655. The molecule has 2 nitrogen and oxygen atoms in total. The normalized spacial score (nSPS) is 10.8. The van der Waals surface area contributed by atoms with Crippen LogP contribution in [0.2, 0.25) is 0 Å². The second kappa shape index (κ2) is 5.81. The van der Waals surface area contributed by atoms with Crippen molar-refractivity contribution < 1.29 is 17.6 Å². The van der Waals surface area contributed by atoms with E-state index in [2.05, 4.69) is 5.32 Å². The molecule has 2 rings (SSSR count). The summed E-state index contributed by atoms with van der Waals surface area (Å²) in [7, 11) is 0. The Hall–Kier alpha value is -2.24. The molecule has 20 heavy (non-hydrogen) atoms. The van der Waals surface area contributed by atoms with E-state index in [1.807, 2.05) is 0 Å². The van der Waals surface area contributed by atoms with Gasteiger partial charge in [-0.3, -0.25) is 0 Å². The zero-order valence-corrected chi connectivity index (χ0v) is 10.3. The lowest BCUT2D eigenvalue weighted by Crippen LogP contribution is -2.04. The Kier molecular flexibility index (Phi) is 4.12. The third-order valence-corrected chi connectivity index (χ3v) is 2.78. The molecule has 0 aliphatic rings. The van der Waals surface area contributed by atoms with E-state index in [9.17, 15) is 17.6 Å². The van der Waals surface area contributed by atoms with Crippen LogP contribution in [0.15, 0.2) is 36.4 Å². The monoisotopic (exact) mass is 284 g/mol. The first-order valence-corrected chi connectivity index (χ1v) is 5.82. The minimum absolute atomic E-state index is 0.0981. The maximum absolute atomic E-state index is 13.0. The molecule has 2 aromatic carbocycles. The van der Waals surface area contributed by atoms with Crippen LogP contribution >= 0.6 is 0 Å². The van der Waals surface area contributed by atoms with Gasteiger partial charge in [0.15, 0.2) is 11.6 Å². The molecular formula is C14H12F4N2. The lowest BCUT2D eigenvalue weighted by atomic mass is 10.1. The van der Waals surface area contributed by atoms with Crippen molar-refractivity contribution in [2.24, 2.45) is 0 Å². The van der Waals surface area contributed by atoms with Crippen LogP contribution in [-0.2, 0) is 6.54 Å². The molecule has 0 aromatic heterocycles. The highest BCUT2D eigenvalue weighted by molar-refractivity contribution is 5.58. The molecule has 0 bridgehead atoms. The van der Waals surface area contributed by atoms with Crippen molar-refractivity contribution in [1.82, 2.24) is 0 Å². The highest BCUT2D eigenvalue weighted by Gasteiger charge is 2.13. The maximum atomic E-state index is 13.0. The van der Waals surface area contributed by atoms with Gasteiger partial charge in [0.1, 0.15) is 0 Å². The Morgan fingerprint density at radius 2 is 1.75 bits per heavy atom. The van der Waals surface area contributed by atoms with Crippen LogP contribution in [0.25, 0.3) is 0 Å². The van der Waals surface area contributed by atoms with E-state index in [1.165, 1.54) is 24.3 Å². The Morgan fingerprint density at radius 3 is 2.40 bits per heavy atom. The van der Waals surface area contributed by atoms with Crippen molar-refractivity contribution in [2.75, 3.05) is 11.1 Å². The summed E-state index contributed by atoms with van der Waals surface area (Å²) in [6, 6.07) is 7.48. The van der Waals surface area contributed by atoms with Gasteiger partial charge in [-0.2, -0.15) is 0 Å². The third kappa shape index (κ3) is 3.20. The molecule has 0 saturated carbocycles. The van der Waals surface area contributed by atoms with Crippen LogP contribution in [-0.4, -0.2) is 0 Å². The average molecular weight is 284 g/mol. The summed E-state index contributed by atoms with van der Waals surface area (Å²) in [6.07, 6.45) is -2.68. The number of benzene rings is 2. The zero-order chi connectivity index (χ0) is 14.7. The first-order chi connectivity index (χ1) is 9.47. The Balaban J connectivity index is 2.16. The van der Waals surface area contributed by atoms with E-state index in [0.717, 1.165) is 12.1 Å². The van der Waals surface area contributed by atoms with Crippen LogP contribution in [0.3, 0.4) is 0 Å². The summed E-state index contributed by atoms with van der Waals surface area (Å²) >= 11 is 0. The van der Waals surface area contributed by atoms with Crippen molar-refractivity contribution >= 4 is 11.4 Å². The number of hydrogen-bond donors (Lipinski definition) is 2. The summed E-state index contributed by atoms with van der Waals surface area (Å²) in [5, 5.41) is 2.76. The Bertz CT molecular complexity index is 614. The molecule has 3 N–H and O–H groups in total. The molecule has 0 radical (unpaired) electrons. The molecule has 0 saturated heterocycles. The molecule has 2 aromatic rings. The Morgan fingerprint density at radius 1 is 1.00 bits per heavy atom. The molecule has 0 atom stereocenters. The van der Waals surface area contributed by atoms with E-state index in [0.29, 0.717) is 5.56 Å². The number of nitrogens with one attached hydrogen (secondary N) is 1. The molecule has 0 heterocycles. The summed E-state index contributed by atoms with van der Waals surface area (Å²) in [4.78, 5) is 0. The molecule has 0 amide bonds. The number of anilines is 2. The first-order valence-electron chi connectivity index (χ1n) is 5.82. The van der Waals surface area contributed by atoms with E-state index >= 15 is 0 Å². The van der Waals surface area contributed by atoms with Gasteiger partial charge in [-0.1, -0.05) is 6.07 Å². The zero-order valence-electron chi connectivity index (χ0n) is 10.3. The van der Waals surface area contributed by atoms with Crippen LogP contribution in [0, 0.1) is 11.6 Å². The molecule has 0 fully saturated rings. The van der Waals surface area contributed by atoms with Crippen molar-refractivity contribution in [2.45, 2.75) is 13.0 Å². The number of nitrogen functional groups attached to an aromatic ring is 1. The molecule has 0 aliphatic carbocycles. The van der Waals surface area contributed by atoms with Gasteiger partial charge in [-0.05, 0) is 35.9 Å². The van der Waals surface area contributed by atoms with Gasteiger partial charge in [0, 0.05) is 23.5 Å². The van der Waals surface area contributed by atoms with Gasteiger partial charge < -0.3 is 11.1 Å². The summed E-state index contributed by atoms with van der Waals surface area (Å²) in [5.74, 6) is -1.93. The third-order valence-electron chi connectivity index (χ3n) is 2.78. The molecule has 0 aliphatic heterocycles. The summed E-state index contributed by atoms with van der Waals surface area (Å²) in [5.41, 5.74) is 6.12. The van der Waals surface area contributed by atoms with Gasteiger partial charge >= 0.3 is 0 Å². The Labute approximate surface area is 113 Å². The van der Waals surface area contributed by atoms with Crippen LogP contribution in [0.1, 0.15) is 17.6 Å². The highest BCUT2D eigenvalue weighted by Crippen LogP contribution is 2.29. The summed E-state index contributed by atoms with van der Waals surface area (Å²) in [6.45, 7) is 0.0981. The van der Waals surface area contributed by atoms with Crippen molar-refractivity contribution in [1.29, 1.82) is 0 Å². The largest absolute Gasteiger partial charge is 0.399 e. The van der Waals surface area contributed by atoms with Gasteiger partial charge in [0.05, 0.1) is 0 Å². The van der Waals surface area contributed by atoms with Gasteiger partial charge in [0.25, 0.3) is 6.43 Å². The van der Waals surface area contributed by atoms with E-state index in [4.69, 9.17) is 5.73 Å². The van der Waals surface area contributed by atoms with E-state index in [-0.39, 0.29) is 23.5 Å². The molecule has 0 unspecified atom stereocenters. The van der Waals surface area contributed by atoms with Crippen LogP contribution in [0.5, 0.6) is 0 Å². The predicted octanol–water partition coefficient (Wildman–Crippen LogP) is 4.10. The topological polar surface area (TPSA) is 38.0 Å². The van der Waals surface area contributed by atoms with Gasteiger partial charge in [0.2, 0.25) is 0 Å². The second-order valence-electron chi connectivity index (χ2n) is 4.25. The van der Waals surface area contributed by atoms with Crippen molar-refractivity contribution in [3.8, 4) is 0 Å². The van der Waals surface area contributed by atoms with Crippen molar-refractivity contribution in [3.05, 3.63) is 59.2 Å². The minimum atomic E-state index is -2.68. The maximum Gasteiger partial charge on any atom is 0.265 e. The second-order valence-corrected chi connectivity index (χ2v) is 4.25. The smallest absolute Gasteiger partial charge is 0.265 e. The average Bonchev–Trinajstić information content (AvgIpc) is 2.41. The minimum Gasteiger partial charge on any atom is -0.399 e. The lowest BCUT2D eigenvalue weighted by Gasteiger charge is -2.12. The van der Waals surface area contributed by atoms with Crippen LogP contribution in [0.4, 0.5) is 28.9 Å². The molecule has 106 valence electrons. The SMILES string of the molecule is Nc1ccc(NCc2ccc(F)c(F)c2)c(C(F)F)c1. The number of halogens is 4. The van der Waals surface area contributed by atoms with E-state index in [1.54, 1.807) is 0 Å². The first kappa shape index (κ1) is 14.2. The fraction of sp³-hybridized carbons (Fsp3) is 0.143. The highest BCUT2D eigenvalue weighted by atomic mass is 19.3. The van der Waals surface area contributed by atoms with Gasteiger partial charge in [-0.15, -0.1) is 0 Å². The van der Waals surface area contributed by atoms with Crippen molar-refractivity contribution in [3.63, 3.8) is 0 Å². The number of hydrogen-bond acceptors (Lipinski definition) is 2. The fourth-order valence-corrected chi connectivity index (χ4v) is 1.77. The van der Waals surface area contributed by atoms with E-state index < -0.39 is 18.1 Å². The van der Waals surface area contributed by atoms with Crippen LogP contribution < -0.4 is 11.1 Å². The predicted molar refractivity (Wildman–Crippen MR) is 69.5 cm³/mol. The molecule has 6 heteroatoms. The standard InChI is InChI=1S/C14H12F4N2/c15-11-3-1-8(5-12(11)16)7-20-13-4-2-9(19)6-10(13)14(17)18/h1-6,14,20H,7,19H2. The van der Waals surface area contributed by atoms with Gasteiger partial charge in [-0.25, -0.2) is 17.6 Å². The fourth-order valence-electron chi connectivity index (χ4n) is 1.77. The number of nitrogens with two attached hydrogens (primary N) is 1. The number of rotatable bonds is 4.